The van der Waals surface area contributed by atoms with E-state index in [9.17, 15) is 9.59 Å². The Morgan fingerprint density at radius 3 is 2.50 bits per heavy atom. The topological polar surface area (TPSA) is 64.7 Å². The molecule has 2 aliphatic rings. The van der Waals surface area contributed by atoms with E-state index in [0.717, 1.165) is 39.0 Å². The number of amides is 2. The normalized spacial score (nSPS) is 19.8. The lowest BCUT2D eigenvalue weighted by molar-refractivity contribution is -0.124. The van der Waals surface area contributed by atoms with Gasteiger partial charge in [-0.15, -0.1) is 0 Å². The lowest BCUT2D eigenvalue weighted by Gasteiger charge is -2.37. The molecular formula is C18H24Cl2N4O2. The fourth-order valence-electron chi connectivity index (χ4n) is 3.01. The molecule has 26 heavy (non-hydrogen) atoms. The summed E-state index contributed by atoms with van der Waals surface area (Å²) in [5.74, 6) is -0.00160. The number of hydrogen-bond acceptors (Lipinski definition) is 4. The lowest BCUT2D eigenvalue weighted by atomic mass is 10.2. The van der Waals surface area contributed by atoms with Crippen molar-refractivity contribution >= 4 is 40.7 Å². The minimum absolute atomic E-state index is 0.101. The first-order chi connectivity index (χ1) is 12.4. The van der Waals surface area contributed by atoms with Gasteiger partial charge in [0.05, 0.1) is 23.3 Å². The molecule has 1 atom stereocenters. The largest absolute Gasteiger partial charge is 0.352 e. The summed E-state index contributed by atoms with van der Waals surface area (Å²) in [6, 6.07) is 5.12. The first-order valence-corrected chi connectivity index (χ1v) is 9.69. The molecule has 8 heteroatoms. The van der Waals surface area contributed by atoms with E-state index in [4.69, 9.17) is 23.2 Å². The Hall–Kier alpha value is -1.34. The Balaban J connectivity index is 1.45. The number of rotatable bonds is 6. The van der Waals surface area contributed by atoms with Gasteiger partial charge in [0, 0.05) is 37.2 Å². The average Bonchev–Trinajstić information content (AvgIpc) is 3.41. The van der Waals surface area contributed by atoms with E-state index in [0.29, 0.717) is 28.3 Å². The van der Waals surface area contributed by atoms with E-state index in [2.05, 4.69) is 20.4 Å². The van der Waals surface area contributed by atoms with Crippen molar-refractivity contribution in [3.05, 3.63) is 28.2 Å². The van der Waals surface area contributed by atoms with Crippen LogP contribution in [-0.2, 0) is 9.59 Å². The fraction of sp³-hybridized carbons (Fsp3) is 0.556. The number of carbonyl (C=O) groups excluding carboxylic acids is 2. The van der Waals surface area contributed by atoms with Crippen LogP contribution in [0.15, 0.2) is 18.2 Å². The fourth-order valence-corrected chi connectivity index (χ4v) is 3.46. The minimum atomic E-state index is -0.274. The van der Waals surface area contributed by atoms with E-state index in [-0.39, 0.29) is 17.9 Å². The lowest BCUT2D eigenvalue weighted by Crippen LogP contribution is -2.54. The maximum Gasteiger partial charge on any atom is 0.241 e. The minimum Gasteiger partial charge on any atom is -0.352 e. The molecule has 2 fully saturated rings. The highest BCUT2D eigenvalue weighted by atomic mass is 35.5. The summed E-state index contributed by atoms with van der Waals surface area (Å²) in [5.41, 5.74) is 0.559. The van der Waals surface area contributed by atoms with Crippen LogP contribution in [0.25, 0.3) is 0 Å². The standard InChI is InChI=1S/C18H24Cl2N4O2/c1-12(18(26)22-16-5-2-13(19)10-15(16)20)24-8-6-23(7-9-24)11-17(25)21-14-3-4-14/h2,5,10,12,14H,3-4,6-9,11H2,1H3,(H,21,25)(H,22,26). The second-order valence-corrected chi connectivity index (χ2v) is 7.79. The second kappa shape index (κ2) is 8.57. The summed E-state index contributed by atoms with van der Waals surface area (Å²) in [6.07, 6.45) is 2.20. The highest BCUT2D eigenvalue weighted by Gasteiger charge is 2.28. The molecule has 1 saturated heterocycles. The molecule has 1 unspecified atom stereocenters. The van der Waals surface area contributed by atoms with Gasteiger partial charge in [0.25, 0.3) is 0 Å². The molecule has 3 rings (SSSR count). The SMILES string of the molecule is CC(C(=O)Nc1ccc(Cl)cc1Cl)N1CCN(CC(=O)NC2CC2)CC1. The van der Waals surface area contributed by atoms with Gasteiger partial charge >= 0.3 is 0 Å². The van der Waals surface area contributed by atoms with Gasteiger partial charge in [0.1, 0.15) is 0 Å². The van der Waals surface area contributed by atoms with Gasteiger partial charge in [-0.3, -0.25) is 19.4 Å². The molecule has 1 aliphatic heterocycles. The molecule has 0 aromatic heterocycles. The number of nitrogens with zero attached hydrogens (tertiary/aromatic N) is 2. The number of benzene rings is 1. The maximum atomic E-state index is 12.5. The smallest absolute Gasteiger partial charge is 0.241 e. The van der Waals surface area contributed by atoms with Crippen LogP contribution in [0.4, 0.5) is 5.69 Å². The highest BCUT2D eigenvalue weighted by Crippen LogP contribution is 2.25. The van der Waals surface area contributed by atoms with Crippen LogP contribution in [0.1, 0.15) is 19.8 Å². The summed E-state index contributed by atoms with van der Waals surface area (Å²) < 4.78 is 0. The zero-order chi connectivity index (χ0) is 18.7. The molecule has 1 heterocycles. The number of carbonyl (C=O) groups is 2. The number of anilines is 1. The summed E-state index contributed by atoms with van der Waals surface area (Å²) >= 11 is 12.0. The van der Waals surface area contributed by atoms with Gasteiger partial charge in [0.2, 0.25) is 11.8 Å². The maximum absolute atomic E-state index is 12.5. The first kappa shape index (κ1) is 19.4. The molecule has 0 bridgehead atoms. The second-order valence-electron chi connectivity index (χ2n) is 6.94. The van der Waals surface area contributed by atoms with E-state index >= 15 is 0 Å². The summed E-state index contributed by atoms with van der Waals surface area (Å²) in [6.45, 7) is 5.37. The highest BCUT2D eigenvalue weighted by molar-refractivity contribution is 6.36. The van der Waals surface area contributed by atoms with Gasteiger partial charge in [-0.1, -0.05) is 23.2 Å². The van der Waals surface area contributed by atoms with Crippen LogP contribution in [0.5, 0.6) is 0 Å². The molecule has 1 aliphatic carbocycles. The van der Waals surface area contributed by atoms with Crippen LogP contribution in [-0.4, -0.2) is 66.4 Å². The van der Waals surface area contributed by atoms with Crippen molar-refractivity contribution < 1.29 is 9.59 Å². The first-order valence-electron chi connectivity index (χ1n) is 8.94. The van der Waals surface area contributed by atoms with Crippen LogP contribution in [0, 0.1) is 0 Å². The van der Waals surface area contributed by atoms with Gasteiger partial charge in [0.15, 0.2) is 0 Å². The molecular weight excluding hydrogens is 375 g/mol. The third-order valence-electron chi connectivity index (χ3n) is 4.83. The Kier molecular flexibility index (Phi) is 6.40. The number of nitrogens with one attached hydrogen (secondary N) is 2. The quantitative estimate of drug-likeness (QED) is 0.770. The monoisotopic (exact) mass is 398 g/mol. The van der Waals surface area contributed by atoms with Crippen LogP contribution in [0.3, 0.4) is 0 Å². The Bertz CT molecular complexity index is 673. The number of piperazine rings is 1. The van der Waals surface area contributed by atoms with Crippen molar-refractivity contribution in [3.63, 3.8) is 0 Å². The van der Waals surface area contributed by atoms with Crippen molar-refractivity contribution in [1.29, 1.82) is 0 Å². The van der Waals surface area contributed by atoms with Crippen molar-refractivity contribution in [2.24, 2.45) is 0 Å². The molecule has 2 amide bonds. The molecule has 0 spiro atoms. The Morgan fingerprint density at radius 2 is 1.88 bits per heavy atom. The number of hydrogen-bond donors (Lipinski definition) is 2. The summed E-state index contributed by atoms with van der Waals surface area (Å²) in [4.78, 5) is 28.7. The molecule has 142 valence electrons. The summed E-state index contributed by atoms with van der Waals surface area (Å²) in [5, 5.41) is 6.82. The third-order valence-corrected chi connectivity index (χ3v) is 5.38. The van der Waals surface area contributed by atoms with Gasteiger partial charge < -0.3 is 10.6 Å². The molecule has 2 N–H and O–H groups in total. The van der Waals surface area contributed by atoms with Gasteiger partial charge in [-0.25, -0.2) is 0 Å². The predicted octanol–water partition coefficient (Wildman–Crippen LogP) is 2.22. The Labute approximate surface area is 163 Å². The molecule has 1 saturated carbocycles. The zero-order valence-electron chi connectivity index (χ0n) is 14.8. The molecule has 1 aromatic rings. The Morgan fingerprint density at radius 1 is 1.19 bits per heavy atom. The number of halogens is 2. The van der Waals surface area contributed by atoms with Crippen LogP contribution in [0.2, 0.25) is 10.0 Å². The van der Waals surface area contributed by atoms with Crippen molar-refractivity contribution in [3.8, 4) is 0 Å². The van der Waals surface area contributed by atoms with Crippen LogP contribution < -0.4 is 10.6 Å². The van der Waals surface area contributed by atoms with Crippen molar-refractivity contribution in [2.75, 3.05) is 38.0 Å². The molecule has 0 radical (unpaired) electrons. The molecule has 6 nitrogen and oxygen atoms in total. The summed E-state index contributed by atoms with van der Waals surface area (Å²) in [7, 11) is 0. The van der Waals surface area contributed by atoms with Crippen LogP contribution >= 0.6 is 23.2 Å². The van der Waals surface area contributed by atoms with E-state index < -0.39 is 0 Å². The van der Waals surface area contributed by atoms with Gasteiger partial charge in [-0.05, 0) is 38.0 Å². The van der Waals surface area contributed by atoms with Crippen molar-refractivity contribution in [1.82, 2.24) is 15.1 Å². The van der Waals surface area contributed by atoms with Crippen molar-refractivity contribution in [2.45, 2.75) is 31.8 Å². The van der Waals surface area contributed by atoms with E-state index in [1.54, 1.807) is 18.2 Å². The van der Waals surface area contributed by atoms with E-state index in [1.165, 1.54) is 0 Å². The molecule has 1 aromatic carbocycles. The average molecular weight is 399 g/mol. The van der Waals surface area contributed by atoms with E-state index in [1.807, 2.05) is 6.92 Å². The zero-order valence-corrected chi connectivity index (χ0v) is 16.3. The van der Waals surface area contributed by atoms with Gasteiger partial charge in [-0.2, -0.15) is 0 Å². The third kappa shape index (κ3) is 5.33. The predicted molar refractivity (Wildman–Crippen MR) is 104 cm³/mol.